The molecule has 0 aromatic heterocycles. The van der Waals surface area contributed by atoms with Crippen molar-refractivity contribution in [1.29, 1.82) is 0 Å². The van der Waals surface area contributed by atoms with E-state index < -0.39 is 0 Å². The molecule has 2 aliphatic heterocycles. The summed E-state index contributed by atoms with van der Waals surface area (Å²) in [6.07, 6.45) is 3.38. The summed E-state index contributed by atoms with van der Waals surface area (Å²) >= 11 is 0. The number of ether oxygens (including phenoxy) is 2. The number of hydrogen-bond acceptors (Lipinski definition) is 4. The predicted octanol–water partition coefficient (Wildman–Crippen LogP) is 1.78. The molecule has 0 radical (unpaired) electrons. The highest BCUT2D eigenvalue weighted by Crippen LogP contribution is 2.24. The molecule has 0 spiro atoms. The normalized spacial score (nSPS) is 24.7. The average Bonchev–Trinajstić information content (AvgIpc) is 2.94. The van der Waals surface area contributed by atoms with E-state index in [1.165, 1.54) is 5.69 Å². The molecule has 0 aliphatic carbocycles. The first-order chi connectivity index (χ1) is 9.31. The topological polar surface area (TPSA) is 47.7 Å². The van der Waals surface area contributed by atoms with Crippen molar-refractivity contribution in [3.8, 4) is 5.75 Å². The van der Waals surface area contributed by atoms with Crippen LogP contribution in [0, 0.1) is 0 Å². The average molecular weight is 262 g/mol. The minimum Gasteiger partial charge on any atom is -0.488 e. The summed E-state index contributed by atoms with van der Waals surface area (Å²) < 4.78 is 11.2. The third-order valence-corrected chi connectivity index (χ3v) is 3.93. The second kappa shape index (κ2) is 5.80. The zero-order valence-corrected chi connectivity index (χ0v) is 11.3. The van der Waals surface area contributed by atoms with E-state index in [0.717, 1.165) is 44.7 Å². The first kappa shape index (κ1) is 12.8. The molecule has 0 amide bonds. The zero-order valence-electron chi connectivity index (χ0n) is 11.3. The fraction of sp³-hybridized carbons (Fsp3) is 0.600. The van der Waals surface area contributed by atoms with Gasteiger partial charge >= 0.3 is 0 Å². The van der Waals surface area contributed by atoms with Gasteiger partial charge in [-0.25, -0.2) is 0 Å². The minimum atomic E-state index is 0.221. The Bertz CT molecular complexity index is 393. The summed E-state index contributed by atoms with van der Waals surface area (Å²) in [5.41, 5.74) is 7.20. The van der Waals surface area contributed by atoms with Crippen molar-refractivity contribution in [1.82, 2.24) is 0 Å². The van der Waals surface area contributed by atoms with Gasteiger partial charge in [-0.3, -0.25) is 0 Å². The lowest BCUT2D eigenvalue weighted by Gasteiger charge is -2.32. The van der Waals surface area contributed by atoms with Crippen LogP contribution < -0.4 is 15.4 Å². The van der Waals surface area contributed by atoms with E-state index in [1.54, 1.807) is 0 Å². The van der Waals surface area contributed by atoms with E-state index in [1.807, 2.05) is 0 Å². The lowest BCUT2D eigenvalue weighted by Crippen LogP contribution is -2.39. The number of benzene rings is 1. The Balaban J connectivity index is 1.58. The number of anilines is 1. The number of nitrogens with two attached hydrogens (primary N) is 1. The third-order valence-electron chi connectivity index (χ3n) is 3.93. The van der Waals surface area contributed by atoms with Crippen LogP contribution in [0.1, 0.15) is 19.3 Å². The molecule has 19 heavy (non-hydrogen) atoms. The highest BCUT2D eigenvalue weighted by Gasteiger charge is 2.18. The molecule has 4 heteroatoms. The fourth-order valence-corrected chi connectivity index (χ4v) is 2.69. The monoisotopic (exact) mass is 262 g/mol. The van der Waals surface area contributed by atoms with Crippen LogP contribution in [0.15, 0.2) is 24.3 Å². The van der Waals surface area contributed by atoms with Crippen LogP contribution in [-0.4, -0.2) is 38.4 Å². The quantitative estimate of drug-likeness (QED) is 0.902. The van der Waals surface area contributed by atoms with E-state index in [-0.39, 0.29) is 6.10 Å². The fourth-order valence-electron chi connectivity index (χ4n) is 2.69. The van der Waals surface area contributed by atoms with Gasteiger partial charge in [0, 0.05) is 31.2 Å². The minimum absolute atomic E-state index is 0.221. The smallest absolute Gasteiger partial charge is 0.124 e. The van der Waals surface area contributed by atoms with Gasteiger partial charge < -0.3 is 20.1 Å². The van der Waals surface area contributed by atoms with E-state index in [9.17, 15) is 0 Å². The van der Waals surface area contributed by atoms with Crippen molar-refractivity contribution in [2.75, 3.05) is 31.2 Å². The second-order valence-corrected chi connectivity index (χ2v) is 5.42. The van der Waals surface area contributed by atoms with Crippen LogP contribution in [0.3, 0.4) is 0 Å². The molecule has 1 unspecified atom stereocenters. The maximum Gasteiger partial charge on any atom is 0.124 e. The number of rotatable bonds is 3. The summed E-state index contributed by atoms with van der Waals surface area (Å²) in [5.74, 6) is 0.938. The summed E-state index contributed by atoms with van der Waals surface area (Å²) in [6.45, 7) is 3.64. The Morgan fingerprint density at radius 3 is 2.47 bits per heavy atom. The molecule has 1 aromatic carbocycles. The molecule has 0 bridgehead atoms. The maximum atomic E-state index is 5.93. The Labute approximate surface area is 114 Å². The Hall–Kier alpha value is -1.26. The lowest BCUT2D eigenvalue weighted by atomic mass is 10.1. The van der Waals surface area contributed by atoms with E-state index in [4.69, 9.17) is 15.2 Å². The van der Waals surface area contributed by atoms with Crippen LogP contribution in [0.5, 0.6) is 5.75 Å². The van der Waals surface area contributed by atoms with Crippen molar-refractivity contribution in [3.63, 3.8) is 0 Å². The number of nitrogens with zero attached hydrogens (tertiary/aromatic N) is 1. The van der Waals surface area contributed by atoms with E-state index in [0.29, 0.717) is 12.6 Å². The second-order valence-electron chi connectivity index (χ2n) is 5.42. The van der Waals surface area contributed by atoms with Crippen LogP contribution in [0.2, 0.25) is 0 Å². The molecule has 2 aliphatic rings. The molecule has 2 saturated heterocycles. The maximum absolute atomic E-state index is 5.93. The highest BCUT2D eigenvalue weighted by molar-refractivity contribution is 5.49. The first-order valence-electron chi connectivity index (χ1n) is 7.16. The molecule has 2 N–H and O–H groups in total. The SMILES string of the molecule is NC1CCN(c2ccc(OC3CCOC3)cc2)CC1. The van der Waals surface area contributed by atoms with Crippen LogP contribution >= 0.6 is 0 Å². The predicted molar refractivity (Wildman–Crippen MR) is 75.7 cm³/mol. The van der Waals surface area contributed by atoms with Crippen molar-refractivity contribution >= 4 is 5.69 Å². The van der Waals surface area contributed by atoms with Gasteiger partial charge in [-0.15, -0.1) is 0 Å². The van der Waals surface area contributed by atoms with Gasteiger partial charge in [0.25, 0.3) is 0 Å². The van der Waals surface area contributed by atoms with Gasteiger partial charge in [0.15, 0.2) is 0 Å². The molecule has 0 saturated carbocycles. The molecule has 2 heterocycles. The summed E-state index contributed by atoms with van der Waals surface area (Å²) in [4.78, 5) is 2.39. The van der Waals surface area contributed by atoms with Gasteiger partial charge in [-0.2, -0.15) is 0 Å². The zero-order chi connectivity index (χ0) is 13.1. The van der Waals surface area contributed by atoms with Crippen LogP contribution in [-0.2, 0) is 4.74 Å². The lowest BCUT2D eigenvalue weighted by molar-refractivity contribution is 0.141. The molecule has 2 fully saturated rings. The molecule has 1 aromatic rings. The van der Waals surface area contributed by atoms with E-state index in [2.05, 4.69) is 29.2 Å². The molecule has 1 atom stereocenters. The van der Waals surface area contributed by atoms with Gasteiger partial charge in [0.05, 0.1) is 13.2 Å². The Morgan fingerprint density at radius 2 is 1.84 bits per heavy atom. The summed E-state index contributed by atoms with van der Waals surface area (Å²) in [5, 5.41) is 0. The van der Waals surface area contributed by atoms with Crippen molar-refractivity contribution in [2.45, 2.75) is 31.4 Å². The highest BCUT2D eigenvalue weighted by atomic mass is 16.5. The van der Waals surface area contributed by atoms with Crippen molar-refractivity contribution in [3.05, 3.63) is 24.3 Å². The Kier molecular flexibility index (Phi) is 3.89. The largest absolute Gasteiger partial charge is 0.488 e. The van der Waals surface area contributed by atoms with Gasteiger partial charge in [-0.05, 0) is 37.1 Å². The van der Waals surface area contributed by atoms with Gasteiger partial charge in [0.1, 0.15) is 11.9 Å². The van der Waals surface area contributed by atoms with Crippen molar-refractivity contribution in [2.24, 2.45) is 5.73 Å². The first-order valence-corrected chi connectivity index (χ1v) is 7.16. The Morgan fingerprint density at radius 1 is 1.11 bits per heavy atom. The van der Waals surface area contributed by atoms with Crippen LogP contribution in [0.4, 0.5) is 5.69 Å². The van der Waals surface area contributed by atoms with Crippen molar-refractivity contribution < 1.29 is 9.47 Å². The number of hydrogen-bond donors (Lipinski definition) is 1. The molecular weight excluding hydrogens is 240 g/mol. The third kappa shape index (κ3) is 3.19. The van der Waals surface area contributed by atoms with Crippen LogP contribution in [0.25, 0.3) is 0 Å². The molecule has 3 rings (SSSR count). The molecule has 4 nitrogen and oxygen atoms in total. The van der Waals surface area contributed by atoms with Gasteiger partial charge in [-0.1, -0.05) is 0 Å². The van der Waals surface area contributed by atoms with Gasteiger partial charge in [0.2, 0.25) is 0 Å². The van der Waals surface area contributed by atoms with E-state index >= 15 is 0 Å². The summed E-state index contributed by atoms with van der Waals surface area (Å²) in [7, 11) is 0. The number of piperidine rings is 1. The standard InChI is InChI=1S/C15H22N2O2/c16-12-5-8-17(9-6-12)13-1-3-14(4-2-13)19-15-7-10-18-11-15/h1-4,12,15H,5-11,16H2. The molecule has 104 valence electrons. The summed E-state index contributed by atoms with van der Waals surface area (Å²) in [6, 6.07) is 8.77. The molecular formula is C15H22N2O2.